The maximum atomic E-state index is 13.9. The van der Waals surface area contributed by atoms with E-state index in [-0.39, 0.29) is 5.82 Å². The van der Waals surface area contributed by atoms with Crippen molar-refractivity contribution in [2.75, 3.05) is 16.5 Å². The Hall–Kier alpha value is -6.40. The zero-order valence-corrected chi connectivity index (χ0v) is 30.2. The lowest BCUT2D eigenvalue weighted by molar-refractivity contribution is 0.483. The van der Waals surface area contributed by atoms with Gasteiger partial charge in [-0.3, -0.25) is 4.57 Å². The van der Waals surface area contributed by atoms with Crippen LogP contribution in [0.5, 0.6) is 11.5 Å². The molecule has 0 saturated heterocycles. The van der Waals surface area contributed by atoms with Crippen LogP contribution in [0.1, 0.15) is 36.5 Å². The summed E-state index contributed by atoms with van der Waals surface area (Å²) in [5.41, 5.74) is 12.0. The molecule has 0 aliphatic carbocycles. The van der Waals surface area contributed by atoms with E-state index in [0.717, 1.165) is 67.6 Å². The molecule has 53 heavy (non-hydrogen) atoms. The van der Waals surface area contributed by atoms with Gasteiger partial charge in [0.25, 0.3) is 0 Å². The molecular weight excluding hydrogens is 656 g/mol. The van der Waals surface area contributed by atoms with Gasteiger partial charge in [0, 0.05) is 40.5 Å². The zero-order valence-electron chi connectivity index (χ0n) is 30.2. The number of aromatic nitrogens is 2. The van der Waals surface area contributed by atoms with Crippen LogP contribution in [0.2, 0.25) is 0 Å². The highest BCUT2D eigenvalue weighted by Gasteiger charge is 2.28. The van der Waals surface area contributed by atoms with E-state index in [4.69, 9.17) is 9.72 Å². The largest absolute Gasteiger partial charge is 0.457 e. The van der Waals surface area contributed by atoms with Gasteiger partial charge in [0.1, 0.15) is 29.8 Å². The highest BCUT2D eigenvalue weighted by Crippen LogP contribution is 2.46. The number of hydrogen-bond acceptors (Lipinski definition) is 4. The fourth-order valence-electron chi connectivity index (χ4n) is 7.70. The van der Waals surface area contributed by atoms with E-state index in [0.29, 0.717) is 12.6 Å². The summed E-state index contributed by atoms with van der Waals surface area (Å²) in [5, 5.41) is 2.31. The predicted octanol–water partition coefficient (Wildman–Crippen LogP) is 12.8. The second-order valence-corrected chi connectivity index (χ2v) is 14.3. The Morgan fingerprint density at radius 1 is 0.604 bits per heavy atom. The molecule has 0 amide bonds. The van der Waals surface area contributed by atoms with Crippen LogP contribution < -0.4 is 14.5 Å². The molecule has 0 fully saturated rings. The Labute approximate surface area is 309 Å². The molecule has 5 nitrogen and oxygen atoms in total. The monoisotopic (exact) mass is 694 g/mol. The third-order valence-electron chi connectivity index (χ3n) is 10.2. The van der Waals surface area contributed by atoms with Gasteiger partial charge in [-0.05, 0) is 115 Å². The molecule has 1 aliphatic heterocycles. The minimum absolute atomic E-state index is 0.250. The average Bonchev–Trinajstić information content (AvgIpc) is 3.71. The van der Waals surface area contributed by atoms with E-state index >= 15 is 0 Å². The second kappa shape index (κ2) is 13.0. The summed E-state index contributed by atoms with van der Waals surface area (Å²) in [6, 6.07) is 47.3. The Morgan fingerprint density at radius 3 is 2.04 bits per heavy atom. The number of hydrogen-bond donors (Lipinski definition) is 0. The van der Waals surface area contributed by atoms with Crippen molar-refractivity contribution in [1.29, 1.82) is 0 Å². The molecule has 0 spiro atoms. The number of pyridine rings is 1. The fraction of sp³-hybridized carbons (Fsp3) is 0.128. The van der Waals surface area contributed by atoms with Crippen LogP contribution in [-0.2, 0) is 0 Å². The van der Waals surface area contributed by atoms with Gasteiger partial charge in [-0.25, -0.2) is 9.37 Å². The molecule has 9 rings (SSSR count). The molecule has 0 saturated carbocycles. The molecule has 260 valence electrons. The van der Waals surface area contributed by atoms with Crippen molar-refractivity contribution in [3.05, 3.63) is 168 Å². The van der Waals surface area contributed by atoms with Crippen LogP contribution in [0.3, 0.4) is 0 Å². The lowest BCUT2D eigenvalue weighted by Crippen LogP contribution is -2.24. The van der Waals surface area contributed by atoms with E-state index in [1.165, 1.54) is 34.2 Å². The first kappa shape index (κ1) is 32.5. The predicted molar refractivity (Wildman–Crippen MR) is 216 cm³/mol. The maximum absolute atomic E-state index is 13.9. The summed E-state index contributed by atoms with van der Waals surface area (Å²) in [6.07, 6.45) is 1.90. The van der Waals surface area contributed by atoms with Crippen molar-refractivity contribution >= 4 is 44.6 Å². The number of fused-ring (bicyclic) bond motifs is 4. The van der Waals surface area contributed by atoms with Gasteiger partial charge in [-0.2, -0.15) is 0 Å². The van der Waals surface area contributed by atoms with E-state index in [9.17, 15) is 4.39 Å². The Kier molecular flexibility index (Phi) is 7.96. The highest BCUT2D eigenvalue weighted by molar-refractivity contribution is 6.09. The zero-order chi connectivity index (χ0) is 36.2. The fourth-order valence-corrected chi connectivity index (χ4v) is 7.70. The summed E-state index contributed by atoms with van der Waals surface area (Å²) in [7, 11) is 0. The molecular formula is C47H39FN4O. The van der Waals surface area contributed by atoms with Crippen LogP contribution in [0, 0.1) is 19.7 Å². The molecule has 0 atom stereocenters. The summed E-state index contributed by atoms with van der Waals surface area (Å²) in [4.78, 5) is 9.35. The number of nitrogens with zero attached hydrogens (tertiary/aromatic N) is 4. The normalized spacial score (nSPS) is 12.6. The summed E-state index contributed by atoms with van der Waals surface area (Å²) in [6.45, 7) is 9.25. The van der Waals surface area contributed by atoms with E-state index < -0.39 is 0 Å². The van der Waals surface area contributed by atoms with E-state index in [2.05, 4.69) is 151 Å². The highest BCUT2D eigenvalue weighted by atomic mass is 19.1. The number of rotatable bonds is 7. The van der Waals surface area contributed by atoms with Gasteiger partial charge in [0.15, 0.2) is 0 Å². The molecule has 8 aromatic rings. The first-order valence-electron chi connectivity index (χ1n) is 18.1. The third kappa shape index (κ3) is 5.96. The van der Waals surface area contributed by atoms with Crippen LogP contribution in [0.25, 0.3) is 38.8 Å². The van der Waals surface area contributed by atoms with Gasteiger partial charge < -0.3 is 14.5 Å². The summed E-state index contributed by atoms with van der Waals surface area (Å²) >= 11 is 0. The summed E-state index contributed by atoms with van der Waals surface area (Å²) in [5.74, 6) is 2.49. The van der Waals surface area contributed by atoms with Gasteiger partial charge in [0.05, 0.1) is 22.4 Å². The number of para-hydroxylation sites is 3. The molecule has 6 heteroatoms. The van der Waals surface area contributed by atoms with Crippen molar-refractivity contribution in [1.82, 2.24) is 9.55 Å². The molecule has 0 radical (unpaired) electrons. The molecule has 1 aliphatic rings. The Balaban J connectivity index is 1.17. The molecule has 0 bridgehead atoms. The first-order valence-corrected chi connectivity index (χ1v) is 18.1. The molecule has 2 aromatic heterocycles. The van der Waals surface area contributed by atoms with Gasteiger partial charge >= 0.3 is 0 Å². The van der Waals surface area contributed by atoms with Crippen molar-refractivity contribution in [3.8, 4) is 28.4 Å². The lowest BCUT2D eigenvalue weighted by atomic mass is 9.99. The number of benzene rings is 6. The Morgan fingerprint density at radius 2 is 1.28 bits per heavy atom. The van der Waals surface area contributed by atoms with Crippen molar-refractivity contribution in [2.45, 2.75) is 33.6 Å². The molecule has 6 aromatic carbocycles. The second-order valence-electron chi connectivity index (χ2n) is 14.3. The SMILES string of the molecule is Cc1cc(C)cc(-c2cc(Oc3ccc4c5ccccc5n(-c5cc(C(C)C)ccn5)c4c3)cc(N3CN(c4ccc(F)cc4)c4ccccc43)c2)c1. The Bertz CT molecular complexity index is 2640. The van der Waals surface area contributed by atoms with Gasteiger partial charge in [-0.1, -0.05) is 73.5 Å². The lowest BCUT2D eigenvalue weighted by Gasteiger charge is -2.23. The smallest absolute Gasteiger partial charge is 0.137 e. The van der Waals surface area contributed by atoms with E-state index in [1.807, 2.05) is 24.4 Å². The van der Waals surface area contributed by atoms with Gasteiger partial charge in [0.2, 0.25) is 0 Å². The van der Waals surface area contributed by atoms with Crippen molar-refractivity contribution < 1.29 is 9.13 Å². The summed E-state index contributed by atoms with van der Waals surface area (Å²) < 4.78 is 23.0. The number of ether oxygens (including phenoxy) is 1. The first-order chi connectivity index (χ1) is 25.8. The molecule has 0 unspecified atom stereocenters. The standard InChI is InChI=1S/C47H39FN4O/c1-30(2)33-19-20-49-47(26-33)52-43-10-6-5-9-41(43)42-18-17-39(28-46(42)52)53-40-25-35(34-22-31(3)21-32(4)23-34)24-38(27-40)51-29-50(37-15-13-36(48)14-16-37)44-11-7-8-12-45(44)51/h5-28,30H,29H2,1-4H3. The van der Waals surface area contributed by atoms with Crippen LogP contribution in [0.4, 0.5) is 27.1 Å². The minimum atomic E-state index is -0.250. The quantitative estimate of drug-likeness (QED) is 0.166. The number of halogens is 1. The topological polar surface area (TPSA) is 33.5 Å². The average molecular weight is 695 g/mol. The van der Waals surface area contributed by atoms with Crippen molar-refractivity contribution in [3.63, 3.8) is 0 Å². The minimum Gasteiger partial charge on any atom is -0.457 e. The van der Waals surface area contributed by atoms with Crippen molar-refractivity contribution in [2.24, 2.45) is 0 Å². The van der Waals surface area contributed by atoms with Crippen LogP contribution in [-0.4, -0.2) is 16.2 Å². The van der Waals surface area contributed by atoms with E-state index in [1.54, 1.807) is 0 Å². The maximum Gasteiger partial charge on any atom is 0.137 e. The van der Waals surface area contributed by atoms with Gasteiger partial charge in [-0.15, -0.1) is 0 Å². The number of aryl methyl sites for hydroxylation is 2. The molecule has 3 heterocycles. The van der Waals surface area contributed by atoms with Crippen LogP contribution in [0.15, 0.2) is 146 Å². The third-order valence-corrected chi connectivity index (χ3v) is 10.2. The molecule has 0 N–H and O–H groups in total. The number of anilines is 4. The van der Waals surface area contributed by atoms with Crippen LogP contribution >= 0.6 is 0 Å².